The van der Waals surface area contributed by atoms with Crippen LogP contribution in [0.5, 0.6) is 0 Å². The predicted molar refractivity (Wildman–Crippen MR) is 399 cm³/mol. The lowest BCUT2D eigenvalue weighted by atomic mass is 10.1. The topological polar surface area (TPSA) is 237 Å². The average molecular weight is 1410 g/mol. The van der Waals surface area contributed by atoms with Crippen molar-refractivity contribution >= 4 is 39.5 Å². The van der Waals surface area contributed by atoms with Crippen molar-refractivity contribution in [2.45, 2.75) is 290 Å². The van der Waals surface area contributed by atoms with Gasteiger partial charge in [0.1, 0.15) is 19.3 Å². The van der Waals surface area contributed by atoms with Gasteiger partial charge in [0.2, 0.25) is 0 Å². The Balaban J connectivity index is 5.46. The smallest absolute Gasteiger partial charge is 0.462 e. The van der Waals surface area contributed by atoms with Crippen molar-refractivity contribution in [3.63, 3.8) is 0 Å². The van der Waals surface area contributed by atoms with Gasteiger partial charge in [-0.25, -0.2) is 9.13 Å². The molecule has 0 saturated heterocycles. The summed E-state index contributed by atoms with van der Waals surface area (Å²) in [5.74, 6) is -2.38. The molecule has 0 aromatic heterocycles. The first-order valence-electron chi connectivity index (χ1n) is 37.1. The maximum absolute atomic E-state index is 13.1. The molecule has 0 radical (unpaired) electrons. The van der Waals surface area contributed by atoms with Gasteiger partial charge in [0, 0.05) is 19.3 Å². The molecule has 0 rings (SSSR count). The molecule has 0 amide bonds. The molecular formula is C79H130O17P2. The number of unbranched alkanes of at least 4 members (excludes halogenated alkanes) is 19. The summed E-state index contributed by atoms with van der Waals surface area (Å²) in [4.78, 5) is 72.7. The van der Waals surface area contributed by atoms with Crippen LogP contribution >= 0.6 is 15.6 Å². The minimum absolute atomic E-state index is 0.0511. The zero-order valence-electron chi connectivity index (χ0n) is 60.7. The van der Waals surface area contributed by atoms with Crippen LogP contribution in [0.25, 0.3) is 0 Å². The Morgan fingerprint density at radius 3 is 0.949 bits per heavy atom. The number of hydrogen-bond donors (Lipinski definition) is 3. The number of hydrogen-bond acceptors (Lipinski definition) is 15. The van der Waals surface area contributed by atoms with E-state index in [1.807, 2.05) is 18.2 Å². The van der Waals surface area contributed by atoms with Gasteiger partial charge in [-0.15, -0.1) is 0 Å². The molecule has 0 heterocycles. The molecule has 0 aliphatic carbocycles. The van der Waals surface area contributed by atoms with Crippen molar-refractivity contribution in [3.8, 4) is 0 Å². The van der Waals surface area contributed by atoms with E-state index in [9.17, 15) is 43.2 Å². The van der Waals surface area contributed by atoms with Crippen LogP contribution in [0.2, 0.25) is 0 Å². The van der Waals surface area contributed by atoms with Crippen LogP contribution in [0.15, 0.2) is 146 Å². The highest BCUT2D eigenvalue weighted by atomic mass is 31.2. The second-order valence-electron chi connectivity index (χ2n) is 24.1. The van der Waals surface area contributed by atoms with E-state index >= 15 is 0 Å². The van der Waals surface area contributed by atoms with Crippen molar-refractivity contribution in [1.82, 2.24) is 0 Å². The van der Waals surface area contributed by atoms with Crippen molar-refractivity contribution in [2.75, 3.05) is 39.6 Å². The van der Waals surface area contributed by atoms with E-state index in [1.165, 1.54) is 19.3 Å². The Bertz CT molecular complexity index is 2430. The molecule has 0 aliphatic heterocycles. The fourth-order valence-corrected chi connectivity index (χ4v) is 10.8. The normalized spacial score (nSPS) is 14.8. The largest absolute Gasteiger partial charge is 0.472 e. The first kappa shape index (κ1) is 92.9. The maximum atomic E-state index is 13.1. The lowest BCUT2D eigenvalue weighted by Crippen LogP contribution is -2.30. The van der Waals surface area contributed by atoms with Crippen LogP contribution in [-0.4, -0.2) is 96.7 Å². The number of aliphatic hydroxyl groups excluding tert-OH is 1. The number of ether oxygens (including phenoxy) is 4. The molecule has 5 atom stereocenters. The van der Waals surface area contributed by atoms with Crippen LogP contribution in [-0.2, 0) is 65.4 Å². The van der Waals surface area contributed by atoms with Crippen molar-refractivity contribution in [2.24, 2.45) is 0 Å². The van der Waals surface area contributed by atoms with Gasteiger partial charge < -0.3 is 33.8 Å². The van der Waals surface area contributed by atoms with Crippen LogP contribution in [0.3, 0.4) is 0 Å². The number of rotatable bonds is 68. The first-order chi connectivity index (χ1) is 47.7. The average Bonchev–Trinajstić information content (AvgIpc) is 1.04. The van der Waals surface area contributed by atoms with Gasteiger partial charge in [-0.2, -0.15) is 0 Å². The summed E-state index contributed by atoms with van der Waals surface area (Å²) in [6.07, 6.45) is 78.7. The number of esters is 4. The molecule has 0 bridgehead atoms. The number of allylic oxidation sites excluding steroid dienone is 23. The van der Waals surface area contributed by atoms with Gasteiger partial charge in [-0.05, 0) is 141 Å². The van der Waals surface area contributed by atoms with Gasteiger partial charge in [0.15, 0.2) is 12.2 Å². The quantitative estimate of drug-likeness (QED) is 0.0169. The Labute approximate surface area is 592 Å². The predicted octanol–water partition coefficient (Wildman–Crippen LogP) is 21.1. The fourth-order valence-electron chi connectivity index (χ4n) is 9.20. The molecule has 0 aliphatic rings. The SMILES string of the molecule is CC/C=C\C/C=C\C/C=C\C/C=C\C/C=C\CC(=O)OCC(COP(=O)(O)OCC(O)COP(=O)(O)OCC(COC(=O)CCCCCCC/C=C\C/C=C\CCCCC)OC(=O)CCCCCCC/C=C\C/C=C\CCC)OC(=O)CCCCCCC/C=C\C/C=C\C/C=C\CC. The Hall–Kier alpha value is -5.06. The summed E-state index contributed by atoms with van der Waals surface area (Å²) >= 11 is 0. The van der Waals surface area contributed by atoms with Gasteiger partial charge in [0.25, 0.3) is 0 Å². The minimum Gasteiger partial charge on any atom is -0.462 e. The zero-order chi connectivity index (χ0) is 71.8. The van der Waals surface area contributed by atoms with Gasteiger partial charge in [-0.3, -0.25) is 37.3 Å². The summed E-state index contributed by atoms with van der Waals surface area (Å²) in [5.41, 5.74) is 0. The van der Waals surface area contributed by atoms with E-state index < -0.39 is 97.5 Å². The second-order valence-corrected chi connectivity index (χ2v) is 27.0. The molecule has 0 aromatic carbocycles. The molecule has 0 spiro atoms. The van der Waals surface area contributed by atoms with E-state index in [2.05, 4.69) is 149 Å². The van der Waals surface area contributed by atoms with E-state index in [4.69, 9.17) is 37.0 Å². The van der Waals surface area contributed by atoms with Crippen LogP contribution < -0.4 is 0 Å². The van der Waals surface area contributed by atoms with Crippen molar-refractivity contribution < 1.29 is 80.2 Å². The summed E-state index contributed by atoms with van der Waals surface area (Å²) in [6.45, 7) is 4.36. The van der Waals surface area contributed by atoms with Crippen molar-refractivity contribution in [3.05, 3.63) is 146 Å². The van der Waals surface area contributed by atoms with E-state index in [-0.39, 0.29) is 25.7 Å². The monoisotopic (exact) mass is 1410 g/mol. The third-order valence-corrected chi connectivity index (χ3v) is 16.7. The highest BCUT2D eigenvalue weighted by Crippen LogP contribution is 2.45. The van der Waals surface area contributed by atoms with Gasteiger partial charge in [-0.1, -0.05) is 251 Å². The highest BCUT2D eigenvalue weighted by Gasteiger charge is 2.30. The molecular weight excluding hydrogens is 1280 g/mol. The van der Waals surface area contributed by atoms with E-state index in [0.717, 1.165) is 173 Å². The molecule has 0 aromatic rings. The third kappa shape index (κ3) is 69.4. The van der Waals surface area contributed by atoms with E-state index in [0.29, 0.717) is 25.7 Å². The number of phosphoric ester groups is 2. The van der Waals surface area contributed by atoms with Gasteiger partial charge in [0.05, 0.1) is 32.8 Å². The maximum Gasteiger partial charge on any atom is 0.472 e. The van der Waals surface area contributed by atoms with Crippen LogP contribution in [0.1, 0.15) is 272 Å². The molecule has 98 heavy (non-hydrogen) atoms. The molecule has 19 heteroatoms. The molecule has 0 fully saturated rings. The number of aliphatic hydroxyl groups is 1. The second kappa shape index (κ2) is 70.4. The number of carbonyl (C=O) groups excluding carboxylic acids is 4. The summed E-state index contributed by atoms with van der Waals surface area (Å²) < 4.78 is 68.2. The fraction of sp³-hybridized carbons (Fsp3) is 0.646. The lowest BCUT2D eigenvalue weighted by Gasteiger charge is -2.21. The Kier molecular flexibility index (Phi) is 66.7. The third-order valence-electron chi connectivity index (χ3n) is 14.8. The Morgan fingerprint density at radius 1 is 0.306 bits per heavy atom. The summed E-state index contributed by atoms with van der Waals surface area (Å²) in [5, 5.41) is 10.6. The zero-order valence-corrected chi connectivity index (χ0v) is 62.4. The van der Waals surface area contributed by atoms with Gasteiger partial charge >= 0.3 is 39.5 Å². The molecule has 558 valence electrons. The lowest BCUT2D eigenvalue weighted by molar-refractivity contribution is -0.161. The molecule has 3 N–H and O–H groups in total. The summed E-state index contributed by atoms with van der Waals surface area (Å²) in [6, 6.07) is 0. The highest BCUT2D eigenvalue weighted by molar-refractivity contribution is 7.47. The minimum atomic E-state index is -5.00. The Morgan fingerprint density at radius 2 is 0.592 bits per heavy atom. The standard InChI is InChI=1S/C79H130O17P2/c1-5-9-13-17-21-25-29-33-36-40-43-47-51-55-59-63-76(81)89-69-74(95-78(83)65-61-57-53-49-45-39-32-28-24-20-16-12-8-4)71-93-97(85,86)91-67-73(80)68-92-98(87,88)94-72-75(96-79(84)66-62-58-54-50-46-42-38-35-31-27-23-19-15-11-7-3)70-90-77(82)64-60-56-52-48-44-41-37-34-30-26-22-18-14-10-6-2/h10-11,14-16,20-23,25-28,32-38,44,48,56,60,73-75,80H,5-9,12-13,17-19,24,29-31,39-43,45-47,49-55,57-59,61-72H2,1-4H3,(H,85,86)(H,87,88)/b14-10-,15-11-,20-16-,25-21-,26-22-,27-23-,32-28-,36-33-,37-34-,38-35-,48-44-,60-56-. The van der Waals surface area contributed by atoms with Crippen LogP contribution in [0, 0.1) is 0 Å². The molecule has 5 unspecified atom stereocenters. The van der Waals surface area contributed by atoms with Crippen molar-refractivity contribution in [1.29, 1.82) is 0 Å². The summed E-state index contributed by atoms with van der Waals surface area (Å²) in [7, 11) is -9.99. The molecule has 17 nitrogen and oxygen atoms in total. The van der Waals surface area contributed by atoms with E-state index in [1.54, 1.807) is 6.08 Å². The first-order valence-corrected chi connectivity index (χ1v) is 40.1. The molecule has 0 saturated carbocycles. The number of carbonyl (C=O) groups is 4. The number of phosphoric acid groups is 2. The van der Waals surface area contributed by atoms with Crippen LogP contribution in [0.4, 0.5) is 0 Å².